The van der Waals surface area contributed by atoms with Crippen LogP contribution in [0.25, 0.3) is 0 Å². The Morgan fingerprint density at radius 3 is 1.68 bits per heavy atom. The van der Waals surface area contributed by atoms with Gasteiger partial charge in [0.05, 0.1) is 11.8 Å². The predicted octanol–water partition coefficient (Wildman–Crippen LogP) is 3.54. The lowest BCUT2D eigenvalue weighted by molar-refractivity contribution is 0.418. The zero-order valence-electron chi connectivity index (χ0n) is 13.6. The molecule has 114 valence electrons. The molecule has 0 aromatic heterocycles. The quantitative estimate of drug-likeness (QED) is 0.478. The molecule has 22 heavy (non-hydrogen) atoms. The van der Waals surface area contributed by atoms with Gasteiger partial charge in [-0.3, -0.25) is 0 Å². The molecular weight excluding hydrogens is 284 g/mol. The fourth-order valence-electron chi connectivity index (χ4n) is 3.84. The summed E-state index contributed by atoms with van der Waals surface area (Å²) in [4.78, 5) is 0. The number of epoxide rings is 1. The van der Waals surface area contributed by atoms with Gasteiger partial charge in [0.2, 0.25) is 0 Å². The summed E-state index contributed by atoms with van der Waals surface area (Å²) in [7, 11) is -2.09. The molecule has 0 amide bonds. The van der Waals surface area contributed by atoms with Crippen LogP contribution in [-0.2, 0) is 4.74 Å². The number of ether oxygens (including phenoxy) is 1. The first-order valence-electron chi connectivity index (χ1n) is 7.91. The first-order valence-corrected chi connectivity index (χ1v) is 9.98. The fraction of sp³-hybridized carbons (Fsp3) is 0.300. The molecule has 2 aromatic rings. The summed E-state index contributed by atoms with van der Waals surface area (Å²) in [5.41, 5.74) is 0.273. The maximum absolute atomic E-state index is 6.11. The van der Waals surface area contributed by atoms with E-state index in [-0.39, 0.29) is 16.9 Å². The minimum Gasteiger partial charge on any atom is -0.368 e. The zero-order valence-corrected chi connectivity index (χ0v) is 14.6. The largest absolute Gasteiger partial charge is 0.368 e. The summed E-state index contributed by atoms with van der Waals surface area (Å²) >= 11 is 0. The summed E-state index contributed by atoms with van der Waals surface area (Å²) in [6, 6.07) is 21.9. The van der Waals surface area contributed by atoms with Crippen LogP contribution in [0.3, 0.4) is 0 Å². The van der Waals surface area contributed by atoms with E-state index in [9.17, 15) is 0 Å². The van der Waals surface area contributed by atoms with E-state index in [1.54, 1.807) is 0 Å². The van der Waals surface area contributed by atoms with E-state index in [1.807, 2.05) is 6.08 Å². The van der Waals surface area contributed by atoms with Gasteiger partial charge in [-0.1, -0.05) is 97.9 Å². The molecule has 1 aliphatic rings. The van der Waals surface area contributed by atoms with E-state index in [0.717, 1.165) is 0 Å². The average Bonchev–Trinajstić information content (AvgIpc) is 3.29. The van der Waals surface area contributed by atoms with Gasteiger partial charge < -0.3 is 4.74 Å². The summed E-state index contributed by atoms with van der Waals surface area (Å²) in [5.74, 6) is 0. The van der Waals surface area contributed by atoms with Crippen LogP contribution in [0, 0.1) is 0 Å². The van der Waals surface area contributed by atoms with Gasteiger partial charge in [-0.25, -0.2) is 0 Å². The molecule has 1 saturated heterocycles. The van der Waals surface area contributed by atoms with Gasteiger partial charge in [0.1, 0.15) is 0 Å². The highest BCUT2D eigenvalue weighted by Gasteiger charge is 2.62. The SMILES string of the molecule is C=C[C@@H]1O[C@H]1[Si](c1ccccc1)(c1ccccc1)C(C)(C)C. The standard InChI is InChI=1S/C20H24OSi/c1-5-18-19(21-18)22(20(2,3)4,16-12-8-6-9-13-16)17-14-10-7-11-15-17/h5-15,18-19H,1H2,2-4H3/t18-,19-/m0/s1. The highest BCUT2D eigenvalue weighted by Crippen LogP contribution is 2.45. The van der Waals surface area contributed by atoms with E-state index in [0.29, 0.717) is 0 Å². The number of hydrogen-bond acceptors (Lipinski definition) is 1. The second kappa shape index (κ2) is 5.53. The first-order chi connectivity index (χ1) is 10.5. The van der Waals surface area contributed by atoms with Crippen LogP contribution < -0.4 is 10.4 Å². The highest BCUT2D eigenvalue weighted by atomic mass is 28.3. The Labute approximate surface area is 134 Å². The van der Waals surface area contributed by atoms with Crippen molar-refractivity contribution in [1.29, 1.82) is 0 Å². The summed E-state index contributed by atoms with van der Waals surface area (Å²) < 4.78 is 6.11. The molecule has 0 spiro atoms. The Hall–Kier alpha value is -1.64. The summed E-state index contributed by atoms with van der Waals surface area (Å²) in [6.45, 7) is 11.0. The molecule has 2 heteroatoms. The van der Waals surface area contributed by atoms with Crippen molar-refractivity contribution in [3.05, 3.63) is 73.3 Å². The number of hydrogen-bond donors (Lipinski definition) is 0. The van der Waals surface area contributed by atoms with Gasteiger partial charge in [0.15, 0.2) is 8.07 Å². The van der Waals surface area contributed by atoms with Crippen LogP contribution in [0.4, 0.5) is 0 Å². The van der Waals surface area contributed by atoms with Crippen molar-refractivity contribution in [1.82, 2.24) is 0 Å². The molecule has 2 atom stereocenters. The molecule has 0 N–H and O–H groups in total. The predicted molar refractivity (Wildman–Crippen MR) is 96.5 cm³/mol. The van der Waals surface area contributed by atoms with E-state index in [4.69, 9.17) is 4.74 Å². The number of benzene rings is 2. The molecule has 0 aliphatic carbocycles. The Kier molecular flexibility index (Phi) is 3.83. The molecule has 1 nitrogen and oxygen atoms in total. The summed E-state index contributed by atoms with van der Waals surface area (Å²) in [6.07, 6.45) is 2.15. The molecule has 1 aliphatic heterocycles. The van der Waals surface area contributed by atoms with Crippen molar-refractivity contribution in [3.8, 4) is 0 Å². The monoisotopic (exact) mass is 308 g/mol. The van der Waals surface area contributed by atoms with Crippen molar-refractivity contribution in [2.75, 3.05) is 0 Å². The zero-order chi connectivity index (χ0) is 15.8. The molecular formula is C20H24OSi. The van der Waals surface area contributed by atoms with Crippen molar-refractivity contribution in [2.24, 2.45) is 0 Å². The number of rotatable bonds is 4. The third-order valence-electron chi connectivity index (χ3n) is 4.83. The lowest BCUT2D eigenvalue weighted by Gasteiger charge is -2.43. The van der Waals surface area contributed by atoms with E-state index in [2.05, 4.69) is 88.0 Å². The smallest absolute Gasteiger partial charge is 0.157 e. The van der Waals surface area contributed by atoms with Crippen molar-refractivity contribution >= 4 is 18.4 Å². The van der Waals surface area contributed by atoms with Crippen molar-refractivity contribution < 1.29 is 4.74 Å². The van der Waals surface area contributed by atoms with Crippen LogP contribution in [0.2, 0.25) is 5.04 Å². The van der Waals surface area contributed by atoms with Crippen LogP contribution >= 0.6 is 0 Å². The van der Waals surface area contributed by atoms with Gasteiger partial charge >= 0.3 is 0 Å². The second-order valence-electron chi connectivity index (χ2n) is 7.05. The normalized spacial score (nSPS) is 21.4. The van der Waals surface area contributed by atoms with Crippen molar-refractivity contribution in [2.45, 2.75) is 37.6 Å². The van der Waals surface area contributed by atoms with Gasteiger partial charge in [0.25, 0.3) is 0 Å². The van der Waals surface area contributed by atoms with E-state index < -0.39 is 8.07 Å². The molecule has 3 rings (SSSR count). The minimum atomic E-state index is -2.09. The van der Waals surface area contributed by atoms with Crippen LogP contribution in [-0.4, -0.2) is 19.9 Å². The minimum absolute atomic E-state index is 0.151. The van der Waals surface area contributed by atoms with Gasteiger partial charge in [-0.2, -0.15) is 0 Å². The molecule has 1 heterocycles. The molecule has 0 radical (unpaired) electrons. The third kappa shape index (κ3) is 2.27. The second-order valence-corrected chi connectivity index (χ2v) is 11.9. The maximum atomic E-state index is 6.11. The Morgan fingerprint density at radius 1 is 0.909 bits per heavy atom. The first kappa shape index (κ1) is 15.3. The van der Waals surface area contributed by atoms with Crippen molar-refractivity contribution in [3.63, 3.8) is 0 Å². The lowest BCUT2D eigenvalue weighted by atomic mass is 10.2. The summed E-state index contributed by atoms with van der Waals surface area (Å²) in [5, 5.41) is 3.05. The Balaban J connectivity index is 2.27. The fourth-order valence-corrected chi connectivity index (χ4v) is 9.84. The van der Waals surface area contributed by atoms with Gasteiger partial charge in [-0.15, -0.1) is 6.58 Å². The lowest BCUT2D eigenvalue weighted by Crippen LogP contribution is -2.69. The Morgan fingerprint density at radius 2 is 1.36 bits per heavy atom. The topological polar surface area (TPSA) is 12.5 Å². The van der Waals surface area contributed by atoms with Crippen LogP contribution in [0.15, 0.2) is 73.3 Å². The van der Waals surface area contributed by atoms with Crippen LogP contribution in [0.5, 0.6) is 0 Å². The third-order valence-corrected chi connectivity index (χ3v) is 11.0. The molecule has 2 aromatic carbocycles. The highest BCUT2D eigenvalue weighted by molar-refractivity contribution is 7.05. The average molecular weight is 308 g/mol. The van der Waals surface area contributed by atoms with Crippen LogP contribution in [0.1, 0.15) is 20.8 Å². The molecule has 0 bridgehead atoms. The molecule has 0 saturated carbocycles. The van der Waals surface area contributed by atoms with E-state index >= 15 is 0 Å². The van der Waals surface area contributed by atoms with Gasteiger partial charge in [-0.05, 0) is 5.04 Å². The maximum Gasteiger partial charge on any atom is 0.157 e. The van der Waals surface area contributed by atoms with Gasteiger partial charge in [0, 0.05) is 0 Å². The Bertz CT molecular complexity index is 603. The molecule has 0 unspecified atom stereocenters. The molecule has 1 fully saturated rings. The van der Waals surface area contributed by atoms with E-state index in [1.165, 1.54) is 10.4 Å².